The molecule has 3 aromatic carbocycles. The van der Waals surface area contributed by atoms with Crippen molar-refractivity contribution in [1.82, 2.24) is 9.97 Å². The standard InChI is InChI=1S/C11H16O.2C10H14O.C9H13N.C8H11N.C6H14O.C6H12O.C5H10O2/c1-9(2)8-10-6-4-5-7-11(10)12-3;2*1-8(2)7-9-5-3-4-6-10(9)11;1-8(2)7-9-5-3-4-6-10-9;1-7(2)8-4-3-5-9-6-8;1-6(2)4-5-7-3;1-5(2)4-6(3)7;1-4(2)3-5(6)7/h4-7,9H,8H2,1-3H3;2*3-6,8,11H,7H2,1-2H3;3-6,8H,7H2,1-2H3;3-7H,1-2H3;6H,4-5H2,1-3H3;5H,4H2,1-3H3;4H,3H2,1-2H3,(H,6,7)/p-2. The quantitative estimate of drug-likeness (QED) is 0.0962. The second-order valence-electron chi connectivity index (χ2n) is 21.6. The molecular formula is C65H102N2O7-2. The summed E-state index contributed by atoms with van der Waals surface area (Å²) in [5.41, 5.74) is 5.77. The van der Waals surface area contributed by atoms with Gasteiger partial charge in [0.2, 0.25) is 0 Å². The third kappa shape index (κ3) is 47.5. The Labute approximate surface area is 452 Å². The van der Waals surface area contributed by atoms with Crippen LogP contribution >= 0.6 is 0 Å². The zero-order chi connectivity index (χ0) is 57.0. The van der Waals surface area contributed by atoms with Gasteiger partial charge in [0.1, 0.15) is 17.3 Å². The van der Waals surface area contributed by atoms with Crippen LogP contribution in [-0.4, -0.2) is 47.7 Å². The SMILES string of the molecule is CC(=O)CC(C)C.CC(C)CC(=O)[O-].CC(C)Cc1ccccc1O.CC(C)Cc1ccccc1[O-].CC(C)Cc1ccccn1.CC(C)c1cccnc1.COCCC(C)C.COc1ccccc1CC(C)C. The second kappa shape index (κ2) is 46.0. The maximum atomic E-state index is 11.2. The number of methoxy groups -OCH3 is 2. The van der Waals surface area contributed by atoms with E-state index in [0.29, 0.717) is 41.3 Å². The Bertz CT molecular complexity index is 1990. The molecule has 0 saturated heterocycles. The van der Waals surface area contributed by atoms with Crippen molar-refractivity contribution in [2.75, 3.05) is 20.8 Å². The Morgan fingerprint density at radius 2 is 1.03 bits per heavy atom. The average molecular weight is 1020 g/mol. The number of carbonyl (C=O) groups is 2. The van der Waals surface area contributed by atoms with Gasteiger partial charge in [-0.1, -0.05) is 189 Å². The Morgan fingerprint density at radius 3 is 1.38 bits per heavy atom. The molecule has 2 heterocycles. The van der Waals surface area contributed by atoms with Crippen molar-refractivity contribution in [3.05, 3.63) is 150 Å². The van der Waals surface area contributed by atoms with Gasteiger partial charge in [0.25, 0.3) is 0 Å². The smallest absolute Gasteiger partial charge is 0.130 e. The summed E-state index contributed by atoms with van der Waals surface area (Å²) in [6, 6.07) is 33.0. The summed E-state index contributed by atoms with van der Waals surface area (Å²) in [5.74, 6) is 5.57. The van der Waals surface area contributed by atoms with Crippen LogP contribution in [-0.2, 0) is 40.0 Å². The first-order chi connectivity index (χ1) is 34.7. The molecule has 9 heteroatoms. The second-order valence-corrected chi connectivity index (χ2v) is 21.6. The molecular weight excluding hydrogens is 921 g/mol. The lowest BCUT2D eigenvalue weighted by atomic mass is 10.0. The van der Waals surface area contributed by atoms with Crippen LogP contribution in [0.4, 0.5) is 0 Å². The number of phenolic OH excluding ortho intramolecular Hbond substituents is 1. The van der Waals surface area contributed by atoms with E-state index in [4.69, 9.17) is 9.47 Å². The Morgan fingerprint density at radius 1 is 0.541 bits per heavy atom. The number of nitrogens with zero attached hydrogens (tertiary/aromatic N) is 2. The van der Waals surface area contributed by atoms with Gasteiger partial charge in [-0.3, -0.25) is 9.97 Å². The van der Waals surface area contributed by atoms with Gasteiger partial charge in [-0.25, -0.2) is 0 Å². The molecule has 0 aliphatic heterocycles. The molecule has 0 radical (unpaired) electrons. The van der Waals surface area contributed by atoms with Crippen LogP contribution in [0.3, 0.4) is 0 Å². The van der Waals surface area contributed by atoms with Crippen LogP contribution in [0.25, 0.3) is 0 Å². The molecule has 0 saturated carbocycles. The molecule has 0 amide bonds. The predicted octanol–water partition coefficient (Wildman–Crippen LogP) is 15.0. The number of carbonyl (C=O) groups excluding carboxylic acids is 2. The number of Topliss-reactive ketones (excluding diaryl/α,β-unsaturated/α-hetero) is 1. The number of rotatable bonds is 17. The Hall–Kier alpha value is -5.54. The van der Waals surface area contributed by atoms with Crippen molar-refractivity contribution in [2.24, 2.45) is 41.4 Å². The number of ether oxygens (including phenoxy) is 2. The predicted molar refractivity (Wildman–Crippen MR) is 310 cm³/mol. The lowest BCUT2D eigenvalue weighted by molar-refractivity contribution is -0.306. The van der Waals surface area contributed by atoms with E-state index in [1.54, 1.807) is 45.5 Å². The van der Waals surface area contributed by atoms with E-state index in [1.807, 2.05) is 101 Å². The number of ketones is 1. The molecule has 0 fully saturated rings. The molecule has 5 aromatic rings. The van der Waals surface area contributed by atoms with Crippen molar-refractivity contribution in [3.8, 4) is 17.2 Å². The normalized spacial score (nSPS) is 10.2. The van der Waals surface area contributed by atoms with Crippen molar-refractivity contribution >= 4 is 11.8 Å². The largest absolute Gasteiger partial charge is 0.872 e. The third-order valence-electron chi connectivity index (χ3n) is 9.91. The number of aromatic nitrogens is 2. The lowest BCUT2D eigenvalue weighted by Crippen LogP contribution is -2.23. The summed E-state index contributed by atoms with van der Waals surface area (Å²) in [7, 11) is 3.46. The number of aliphatic carboxylic acids is 1. The summed E-state index contributed by atoms with van der Waals surface area (Å²) in [4.78, 5) is 28.2. The number of benzene rings is 3. The van der Waals surface area contributed by atoms with Gasteiger partial charge in [0.05, 0.1) is 7.11 Å². The number of carboxylic acid groups (broad SMARTS) is 1. The third-order valence-corrected chi connectivity index (χ3v) is 9.91. The van der Waals surface area contributed by atoms with E-state index in [2.05, 4.69) is 117 Å². The van der Waals surface area contributed by atoms with E-state index >= 15 is 0 Å². The van der Waals surface area contributed by atoms with Crippen LogP contribution in [0.1, 0.15) is 171 Å². The topological polar surface area (TPSA) is 145 Å². The molecule has 0 bridgehead atoms. The zero-order valence-corrected chi connectivity index (χ0v) is 49.6. The van der Waals surface area contributed by atoms with E-state index in [0.717, 1.165) is 61.5 Å². The molecule has 0 spiro atoms. The molecule has 0 atom stereocenters. The van der Waals surface area contributed by atoms with Gasteiger partial charge in [-0.15, -0.1) is 5.75 Å². The van der Waals surface area contributed by atoms with Crippen LogP contribution in [0.15, 0.2) is 122 Å². The van der Waals surface area contributed by atoms with Gasteiger partial charge >= 0.3 is 0 Å². The average Bonchev–Trinajstić information content (AvgIpc) is 3.30. The van der Waals surface area contributed by atoms with E-state index in [1.165, 1.54) is 23.2 Å². The highest BCUT2D eigenvalue weighted by Crippen LogP contribution is 2.21. The summed E-state index contributed by atoms with van der Waals surface area (Å²) in [6.45, 7) is 36.4. The summed E-state index contributed by atoms with van der Waals surface area (Å²) < 4.78 is 10.1. The minimum Gasteiger partial charge on any atom is -0.872 e. The van der Waals surface area contributed by atoms with Crippen molar-refractivity contribution in [3.63, 3.8) is 0 Å². The van der Waals surface area contributed by atoms with E-state index < -0.39 is 5.97 Å². The molecule has 5 rings (SSSR count). The molecule has 1 N–H and O–H groups in total. The summed E-state index contributed by atoms with van der Waals surface area (Å²) in [6.07, 6.45) is 11.6. The number of pyridine rings is 2. The number of hydrogen-bond acceptors (Lipinski definition) is 9. The van der Waals surface area contributed by atoms with Gasteiger partial charge in [0, 0.05) is 50.4 Å². The maximum Gasteiger partial charge on any atom is 0.130 e. The van der Waals surface area contributed by atoms with Gasteiger partial charge in [-0.2, -0.15) is 0 Å². The highest BCUT2D eigenvalue weighted by Gasteiger charge is 2.04. The Kier molecular flexibility index (Phi) is 45.2. The first kappa shape index (κ1) is 72.7. The van der Waals surface area contributed by atoms with E-state index in [-0.39, 0.29) is 23.9 Å². The van der Waals surface area contributed by atoms with Crippen LogP contribution < -0.4 is 14.9 Å². The Balaban J connectivity index is -0.000000785. The molecule has 74 heavy (non-hydrogen) atoms. The summed E-state index contributed by atoms with van der Waals surface area (Å²) >= 11 is 0. The van der Waals surface area contributed by atoms with Crippen molar-refractivity contribution < 1.29 is 34.4 Å². The molecule has 0 aliphatic rings. The fraction of sp³-hybridized carbons (Fsp3) is 0.538. The number of hydrogen-bond donors (Lipinski definition) is 1. The summed E-state index contributed by atoms with van der Waals surface area (Å²) in [5, 5.41) is 30.2. The molecule has 416 valence electrons. The minimum absolute atomic E-state index is 0.167. The molecule has 2 aromatic heterocycles. The number of para-hydroxylation sites is 3. The number of carboxylic acids is 1. The van der Waals surface area contributed by atoms with Gasteiger partial charge in [0.15, 0.2) is 0 Å². The molecule has 0 unspecified atom stereocenters. The highest BCUT2D eigenvalue weighted by atomic mass is 16.5. The van der Waals surface area contributed by atoms with Crippen molar-refractivity contribution in [1.29, 1.82) is 0 Å². The van der Waals surface area contributed by atoms with E-state index in [9.17, 15) is 24.9 Å². The minimum atomic E-state index is -0.963. The fourth-order valence-corrected chi connectivity index (χ4v) is 6.46. The first-order valence-corrected chi connectivity index (χ1v) is 26.9. The van der Waals surface area contributed by atoms with Crippen LogP contribution in [0.5, 0.6) is 17.2 Å². The van der Waals surface area contributed by atoms with Gasteiger partial charge < -0.3 is 34.4 Å². The lowest BCUT2D eigenvalue weighted by Gasteiger charge is -2.13. The number of phenols is 1. The molecule has 0 aliphatic carbocycles. The first-order valence-electron chi connectivity index (χ1n) is 26.9. The maximum absolute atomic E-state index is 11.2. The highest BCUT2D eigenvalue weighted by molar-refractivity contribution is 5.75. The monoisotopic (exact) mass is 1020 g/mol. The van der Waals surface area contributed by atoms with Crippen LogP contribution in [0.2, 0.25) is 0 Å². The van der Waals surface area contributed by atoms with Crippen molar-refractivity contribution in [2.45, 2.75) is 169 Å². The fourth-order valence-electron chi connectivity index (χ4n) is 6.46. The number of aromatic hydroxyl groups is 1. The molecule has 9 nitrogen and oxygen atoms in total. The zero-order valence-electron chi connectivity index (χ0n) is 49.6. The van der Waals surface area contributed by atoms with Gasteiger partial charge in [-0.05, 0) is 140 Å². The van der Waals surface area contributed by atoms with Crippen LogP contribution in [0, 0.1) is 41.4 Å².